The van der Waals surface area contributed by atoms with E-state index in [1.807, 2.05) is 24.3 Å². The second-order valence-corrected chi connectivity index (χ2v) is 9.70. The van der Waals surface area contributed by atoms with Crippen LogP contribution in [-0.2, 0) is 19.1 Å². The standard InChI is InChI=1S/C27H30N2O6/c1-29(18-10-16(11-18)26(31)32)25(30)17-12-19(34-14-17)13-28-27(33)35-15-24-22-8-4-2-6-20(22)21-7-3-5-9-23(21)24/h2-9,16-19,24H,10-15H2,1H3,(H,28,33)(H,31,32). The van der Waals surface area contributed by atoms with Gasteiger partial charge in [0.05, 0.1) is 24.5 Å². The Balaban J connectivity index is 1.08. The highest BCUT2D eigenvalue weighted by Gasteiger charge is 2.41. The highest BCUT2D eigenvalue weighted by Crippen LogP contribution is 2.44. The number of carbonyl (C=O) groups excluding carboxylic acids is 2. The second-order valence-electron chi connectivity index (χ2n) is 9.70. The first-order valence-electron chi connectivity index (χ1n) is 12.1. The number of carboxylic acid groups (broad SMARTS) is 1. The Bertz CT molecular complexity index is 1080. The normalized spacial score (nSPS) is 24.7. The van der Waals surface area contributed by atoms with Gasteiger partial charge in [-0.2, -0.15) is 0 Å². The summed E-state index contributed by atoms with van der Waals surface area (Å²) >= 11 is 0. The van der Waals surface area contributed by atoms with Gasteiger partial charge in [-0.3, -0.25) is 9.59 Å². The maximum atomic E-state index is 12.8. The molecule has 2 aromatic carbocycles. The van der Waals surface area contributed by atoms with Crippen LogP contribution in [0.4, 0.5) is 4.79 Å². The molecule has 1 saturated carbocycles. The highest BCUT2D eigenvalue weighted by molar-refractivity contribution is 5.80. The van der Waals surface area contributed by atoms with Crippen LogP contribution in [0.3, 0.4) is 0 Å². The Morgan fingerprint density at radius 1 is 1.00 bits per heavy atom. The molecule has 0 bridgehead atoms. The number of ether oxygens (including phenoxy) is 2. The molecule has 2 N–H and O–H groups in total. The molecule has 1 heterocycles. The molecule has 8 heteroatoms. The smallest absolute Gasteiger partial charge is 0.407 e. The summed E-state index contributed by atoms with van der Waals surface area (Å²) in [4.78, 5) is 37.9. The third-order valence-electron chi connectivity index (χ3n) is 7.61. The molecule has 8 nitrogen and oxygen atoms in total. The van der Waals surface area contributed by atoms with Crippen molar-refractivity contribution in [3.63, 3.8) is 0 Å². The summed E-state index contributed by atoms with van der Waals surface area (Å²) in [5, 5.41) is 11.8. The number of hydrogen-bond acceptors (Lipinski definition) is 5. The van der Waals surface area contributed by atoms with Gasteiger partial charge in [0.25, 0.3) is 0 Å². The minimum atomic E-state index is -0.800. The van der Waals surface area contributed by atoms with Gasteiger partial charge in [-0.25, -0.2) is 4.79 Å². The van der Waals surface area contributed by atoms with Crippen LogP contribution in [0.1, 0.15) is 36.3 Å². The summed E-state index contributed by atoms with van der Waals surface area (Å²) < 4.78 is 11.3. The SMILES string of the molecule is CN(C(=O)C1COC(CNC(=O)OCC2c3ccccc3-c3ccccc32)C1)C1CC(C(=O)O)C1. The zero-order valence-electron chi connectivity index (χ0n) is 19.7. The van der Waals surface area contributed by atoms with Gasteiger partial charge >= 0.3 is 12.1 Å². The molecule has 0 spiro atoms. The predicted molar refractivity (Wildman–Crippen MR) is 128 cm³/mol. The molecular weight excluding hydrogens is 448 g/mol. The van der Waals surface area contributed by atoms with Crippen molar-refractivity contribution in [2.24, 2.45) is 11.8 Å². The fourth-order valence-electron chi connectivity index (χ4n) is 5.44. The number of fused-ring (bicyclic) bond motifs is 3. The molecule has 2 fully saturated rings. The lowest BCUT2D eigenvalue weighted by Gasteiger charge is -2.39. The van der Waals surface area contributed by atoms with Crippen molar-refractivity contribution in [1.29, 1.82) is 0 Å². The van der Waals surface area contributed by atoms with Crippen molar-refractivity contribution in [2.45, 2.75) is 37.3 Å². The number of nitrogens with zero attached hydrogens (tertiary/aromatic N) is 1. The number of nitrogens with one attached hydrogen (secondary N) is 1. The molecule has 2 aliphatic carbocycles. The van der Waals surface area contributed by atoms with Gasteiger partial charge in [-0.1, -0.05) is 48.5 Å². The fraction of sp³-hybridized carbons (Fsp3) is 0.444. The van der Waals surface area contributed by atoms with Gasteiger partial charge in [0, 0.05) is 25.6 Å². The molecular formula is C27H30N2O6. The van der Waals surface area contributed by atoms with Crippen LogP contribution in [0.2, 0.25) is 0 Å². The Kier molecular flexibility index (Phi) is 6.47. The predicted octanol–water partition coefficient (Wildman–Crippen LogP) is 3.25. The highest BCUT2D eigenvalue weighted by atomic mass is 16.5. The van der Waals surface area contributed by atoms with E-state index in [-0.39, 0.29) is 49.0 Å². The van der Waals surface area contributed by atoms with Crippen molar-refractivity contribution in [1.82, 2.24) is 10.2 Å². The van der Waals surface area contributed by atoms with Crippen molar-refractivity contribution < 1.29 is 29.0 Å². The van der Waals surface area contributed by atoms with E-state index in [9.17, 15) is 14.4 Å². The third-order valence-corrected chi connectivity index (χ3v) is 7.61. The van der Waals surface area contributed by atoms with E-state index >= 15 is 0 Å². The number of carbonyl (C=O) groups is 3. The van der Waals surface area contributed by atoms with Gasteiger partial charge in [-0.15, -0.1) is 0 Å². The lowest BCUT2D eigenvalue weighted by atomic mass is 9.79. The van der Waals surface area contributed by atoms with Crippen LogP contribution in [0.15, 0.2) is 48.5 Å². The molecule has 2 atom stereocenters. The number of hydrogen-bond donors (Lipinski definition) is 2. The van der Waals surface area contributed by atoms with E-state index in [0.717, 1.165) is 11.1 Å². The fourth-order valence-corrected chi connectivity index (χ4v) is 5.44. The van der Waals surface area contributed by atoms with Crippen molar-refractivity contribution in [3.8, 4) is 11.1 Å². The van der Waals surface area contributed by atoms with Crippen LogP contribution < -0.4 is 5.32 Å². The lowest BCUT2D eigenvalue weighted by Crippen LogP contribution is -2.49. The Labute approximate surface area is 204 Å². The minimum Gasteiger partial charge on any atom is -0.481 e. The average Bonchev–Trinajstić information content (AvgIpc) is 3.42. The molecule has 5 rings (SSSR count). The number of alkyl carbamates (subject to hydrolysis) is 1. The average molecular weight is 479 g/mol. The summed E-state index contributed by atoms with van der Waals surface area (Å²) in [6.45, 7) is 0.819. The van der Waals surface area contributed by atoms with Crippen molar-refractivity contribution >= 4 is 18.0 Å². The van der Waals surface area contributed by atoms with Gasteiger partial charge in [0.15, 0.2) is 0 Å². The molecule has 0 aromatic heterocycles. The maximum absolute atomic E-state index is 12.8. The quantitative estimate of drug-likeness (QED) is 0.633. The Morgan fingerprint density at radius 3 is 2.26 bits per heavy atom. The second kappa shape index (κ2) is 9.70. The molecule has 1 aliphatic heterocycles. The van der Waals surface area contributed by atoms with Crippen LogP contribution in [-0.4, -0.2) is 66.9 Å². The third kappa shape index (κ3) is 4.62. The molecule has 2 unspecified atom stereocenters. The maximum Gasteiger partial charge on any atom is 0.407 e. The topological polar surface area (TPSA) is 105 Å². The molecule has 2 amide bonds. The van der Waals surface area contributed by atoms with E-state index in [2.05, 4.69) is 29.6 Å². The molecule has 0 radical (unpaired) electrons. The summed E-state index contributed by atoms with van der Waals surface area (Å²) in [7, 11) is 1.73. The lowest BCUT2D eigenvalue weighted by molar-refractivity contribution is -0.151. The summed E-state index contributed by atoms with van der Waals surface area (Å²) in [5.74, 6) is -1.46. The van der Waals surface area contributed by atoms with E-state index in [0.29, 0.717) is 25.9 Å². The van der Waals surface area contributed by atoms with Gasteiger partial charge < -0.3 is 24.8 Å². The first kappa shape index (κ1) is 23.4. The number of amides is 2. The largest absolute Gasteiger partial charge is 0.481 e. The van der Waals surface area contributed by atoms with Crippen molar-refractivity contribution in [3.05, 3.63) is 59.7 Å². The minimum absolute atomic E-state index is 0.000602. The van der Waals surface area contributed by atoms with E-state index in [4.69, 9.17) is 14.6 Å². The van der Waals surface area contributed by atoms with E-state index in [1.54, 1.807) is 11.9 Å². The number of carboxylic acids is 1. The molecule has 3 aliphatic rings. The summed E-state index contributed by atoms with van der Waals surface area (Å²) in [6, 6.07) is 16.3. The number of benzene rings is 2. The van der Waals surface area contributed by atoms with Crippen LogP contribution >= 0.6 is 0 Å². The van der Waals surface area contributed by atoms with Crippen molar-refractivity contribution in [2.75, 3.05) is 26.8 Å². The molecule has 35 heavy (non-hydrogen) atoms. The van der Waals surface area contributed by atoms with E-state index < -0.39 is 12.1 Å². The number of rotatable bonds is 7. The molecule has 2 aromatic rings. The monoisotopic (exact) mass is 478 g/mol. The number of aliphatic carboxylic acids is 1. The summed E-state index contributed by atoms with van der Waals surface area (Å²) in [6.07, 6.45) is 0.750. The Morgan fingerprint density at radius 2 is 1.63 bits per heavy atom. The molecule has 1 saturated heterocycles. The van der Waals surface area contributed by atoms with Gasteiger partial charge in [0.2, 0.25) is 5.91 Å². The summed E-state index contributed by atoms with van der Waals surface area (Å²) in [5.41, 5.74) is 4.68. The van der Waals surface area contributed by atoms with E-state index in [1.165, 1.54) is 11.1 Å². The molecule has 184 valence electrons. The van der Waals surface area contributed by atoms with Crippen LogP contribution in [0.5, 0.6) is 0 Å². The van der Waals surface area contributed by atoms with Gasteiger partial charge in [0.1, 0.15) is 6.61 Å². The zero-order chi connectivity index (χ0) is 24.5. The van der Waals surface area contributed by atoms with Crippen LogP contribution in [0, 0.1) is 11.8 Å². The first-order chi connectivity index (χ1) is 16.9. The van der Waals surface area contributed by atoms with Crippen LogP contribution in [0.25, 0.3) is 11.1 Å². The van der Waals surface area contributed by atoms with Gasteiger partial charge in [-0.05, 0) is 41.5 Å². The zero-order valence-corrected chi connectivity index (χ0v) is 19.7. The first-order valence-corrected chi connectivity index (χ1v) is 12.1. The Hall–Kier alpha value is -3.39.